The van der Waals surface area contributed by atoms with Crippen LogP contribution >= 0.6 is 0 Å². The normalized spacial score (nSPS) is 19.0. The van der Waals surface area contributed by atoms with Crippen molar-refractivity contribution in [2.75, 3.05) is 0 Å². The maximum atomic E-state index is 5.66. The number of rotatable bonds is 10. The van der Waals surface area contributed by atoms with E-state index in [1.165, 1.54) is 104 Å². The first-order valence-electron chi connectivity index (χ1n) is 33.8. The van der Waals surface area contributed by atoms with Crippen LogP contribution in [0.1, 0.15) is 68.2 Å². The first kappa shape index (κ1) is 55.5. The molecule has 4 saturated carbocycles. The molecule has 0 saturated heterocycles. The highest BCUT2D eigenvalue weighted by Crippen LogP contribution is 2.70. The number of aromatic nitrogens is 6. The highest BCUT2D eigenvalue weighted by Gasteiger charge is 2.62. The minimum absolute atomic E-state index is 0.104. The van der Waals surface area contributed by atoms with Crippen molar-refractivity contribution in [2.45, 2.75) is 56.8 Å². The number of hydrogen-bond donors (Lipinski definition) is 0. The van der Waals surface area contributed by atoms with Crippen molar-refractivity contribution in [3.63, 3.8) is 0 Å². The third-order valence-electron chi connectivity index (χ3n) is 22.1. The second-order valence-corrected chi connectivity index (χ2v) is 27.8. The Morgan fingerprint density at radius 2 is 0.621 bits per heavy atom. The summed E-state index contributed by atoms with van der Waals surface area (Å²) in [5, 5.41) is 2.40. The Balaban J connectivity index is 0.822. The van der Waals surface area contributed by atoms with Crippen molar-refractivity contribution < 1.29 is 0 Å². The Bertz CT molecular complexity index is 5370. The number of hydrogen-bond acceptors (Lipinski definition) is 6. The fourth-order valence-electron chi connectivity index (χ4n) is 18.0. The lowest BCUT2D eigenvalue weighted by molar-refractivity contribution is -0.0397. The summed E-state index contributed by atoms with van der Waals surface area (Å²) in [6, 6.07) is 101. The van der Waals surface area contributed by atoms with E-state index in [0.717, 1.165) is 73.0 Å². The van der Waals surface area contributed by atoms with E-state index >= 15 is 0 Å². The van der Waals surface area contributed by atoms with Gasteiger partial charge in [-0.1, -0.05) is 257 Å². The summed E-state index contributed by atoms with van der Waals surface area (Å²) in [5.41, 5.74) is 25.0. The summed E-state index contributed by atoms with van der Waals surface area (Å²) in [4.78, 5) is 33.2. The zero-order valence-corrected chi connectivity index (χ0v) is 53.1. The van der Waals surface area contributed by atoms with E-state index in [2.05, 4.69) is 287 Å². The molecule has 6 heteroatoms. The van der Waals surface area contributed by atoms with Gasteiger partial charge in [0.25, 0.3) is 0 Å². The molecular formula is C89H66N6. The second-order valence-electron chi connectivity index (χ2n) is 27.8. The van der Waals surface area contributed by atoms with Crippen LogP contribution in [0.2, 0.25) is 0 Å². The molecule has 1 spiro atoms. The van der Waals surface area contributed by atoms with Gasteiger partial charge in [-0.25, -0.2) is 29.9 Å². The van der Waals surface area contributed by atoms with Gasteiger partial charge in [0, 0.05) is 44.2 Å². The Morgan fingerprint density at radius 3 is 1.25 bits per heavy atom. The molecule has 2 aromatic heterocycles. The maximum Gasteiger partial charge on any atom is 0.164 e. The average molecular weight is 1220 g/mol. The topological polar surface area (TPSA) is 77.3 Å². The molecule has 6 aliphatic carbocycles. The van der Waals surface area contributed by atoms with E-state index in [9.17, 15) is 0 Å². The van der Waals surface area contributed by atoms with Gasteiger partial charge in [0.1, 0.15) is 0 Å². The van der Waals surface area contributed by atoms with Crippen LogP contribution in [0.4, 0.5) is 0 Å². The third kappa shape index (κ3) is 9.13. The number of benzene rings is 12. The lowest BCUT2D eigenvalue weighted by Crippen LogP contribution is -2.55. The van der Waals surface area contributed by atoms with Crippen LogP contribution in [-0.2, 0) is 10.8 Å². The highest BCUT2D eigenvalue weighted by atomic mass is 15.0. The minimum Gasteiger partial charge on any atom is -0.208 e. The summed E-state index contributed by atoms with van der Waals surface area (Å²) >= 11 is 0. The van der Waals surface area contributed by atoms with Gasteiger partial charge >= 0.3 is 0 Å². The Hall–Kier alpha value is -11.1. The van der Waals surface area contributed by atoms with Crippen molar-refractivity contribution in [3.8, 4) is 135 Å². The van der Waals surface area contributed by atoms with Crippen molar-refractivity contribution in [1.29, 1.82) is 0 Å². The van der Waals surface area contributed by atoms with Crippen molar-refractivity contribution in [1.82, 2.24) is 29.9 Å². The van der Waals surface area contributed by atoms with Crippen molar-refractivity contribution >= 4 is 10.8 Å². The summed E-state index contributed by atoms with van der Waals surface area (Å²) in [7, 11) is 0. The Morgan fingerprint density at radius 1 is 0.242 bits per heavy atom. The fourth-order valence-corrected chi connectivity index (χ4v) is 18.0. The van der Waals surface area contributed by atoms with Crippen LogP contribution in [0.15, 0.2) is 279 Å². The van der Waals surface area contributed by atoms with Crippen LogP contribution in [0.3, 0.4) is 0 Å². The molecule has 0 unspecified atom stereocenters. The van der Waals surface area contributed by atoms with Crippen LogP contribution in [-0.4, -0.2) is 29.9 Å². The third-order valence-corrected chi connectivity index (χ3v) is 22.1. The van der Waals surface area contributed by atoms with Gasteiger partial charge in [-0.15, -0.1) is 0 Å². The van der Waals surface area contributed by atoms with Gasteiger partial charge in [0.2, 0.25) is 0 Å². The van der Waals surface area contributed by atoms with E-state index in [0.29, 0.717) is 46.8 Å². The molecule has 4 bridgehead atoms. The first-order chi connectivity index (χ1) is 46.7. The summed E-state index contributed by atoms with van der Waals surface area (Å²) < 4.78 is 0. The first-order valence-corrected chi connectivity index (χ1v) is 33.8. The SMILES string of the molecule is CC1(C)c2ccccc2-c2ccc(-c3nc(-c4cccc(-c5ccc6ccccc6c5)c4)nc(-c4cc(-c5nc(-c6ccccc6)nc(-c6ccc(-c7ccc(-c8ccccc8)cc7)cc6)n5)cc(-c5cccc6c5C5(c7ccccc7-6)C6CC7CC(C6)CC5C7)c4)n3)cc21. The number of nitrogens with zero attached hydrogens (tertiary/aromatic N) is 6. The fraction of sp³-hybridized carbons (Fsp3) is 0.146. The minimum atomic E-state index is -0.235. The van der Waals surface area contributed by atoms with Gasteiger partial charge in [-0.05, 0) is 192 Å². The van der Waals surface area contributed by atoms with Crippen LogP contribution < -0.4 is 0 Å². The Kier molecular flexibility index (Phi) is 12.7. The molecule has 20 rings (SSSR count). The van der Waals surface area contributed by atoms with Gasteiger partial charge in [0.15, 0.2) is 34.9 Å². The van der Waals surface area contributed by atoms with E-state index in [-0.39, 0.29) is 10.8 Å². The van der Waals surface area contributed by atoms with Gasteiger partial charge in [-0.3, -0.25) is 0 Å². The molecule has 2 heterocycles. The van der Waals surface area contributed by atoms with Crippen LogP contribution in [0, 0.1) is 23.7 Å². The van der Waals surface area contributed by atoms with E-state index in [1.54, 1.807) is 0 Å². The van der Waals surface area contributed by atoms with Crippen LogP contribution in [0.5, 0.6) is 0 Å². The molecule has 6 aliphatic rings. The molecule has 4 fully saturated rings. The largest absolute Gasteiger partial charge is 0.208 e. The standard InChI is InChI=1S/C89H66N6/c1-88(2)78-29-13-11-25-74(78)76-42-41-67(53-80(76)88)85-93-84(66-24-15-23-64(49-66)65-40-37-57-19-9-10-22-63(57)48-65)94-87(95-85)70-51-68(73-27-16-28-77-75-26-12-14-30-79(75)89(81(73)77)71-44-54-43-55(46-71)47-72(89)45-54)50-69(52-70)86-91-82(61-20-7-4-8-21-61)90-83(92-86)62-38-35-60(36-39-62)59-33-31-58(32-34-59)56-17-5-3-6-18-56/h3-42,48-55,71-72H,43-47H2,1-2H3. The molecular weight excluding hydrogens is 1150 g/mol. The Labute approximate surface area is 554 Å². The molecule has 0 atom stereocenters. The molecule has 0 N–H and O–H groups in total. The summed E-state index contributed by atoms with van der Waals surface area (Å²) in [5.74, 6) is 6.25. The molecule has 14 aromatic rings. The zero-order valence-electron chi connectivity index (χ0n) is 53.1. The van der Waals surface area contributed by atoms with Gasteiger partial charge in [-0.2, -0.15) is 0 Å². The number of fused-ring (bicyclic) bond motifs is 7. The molecule has 0 aliphatic heterocycles. The maximum absolute atomic E-state index is 5.66. The molecule has 0 radical (unpaired) electrons. The molecule has 0 amide bonds. The second kappa shape index (κ2) is 21.8. The van der Waals surface area contributed by atoms with Crippen molar-refractivity contribution in [3.05, 3.63) is 301 Å². The average Bonchev–Trinajstić information content (AvgIpc) is 1.55. The van der Waals surface area contributed by atoms with Crippen LogP contribution in [0.25, 0.3) is 146 Å². The molecule has 95 heavy (non-hydrogen) atoms. The predicted octanol–water partition coefficient (Wildman–Crippen LogP) is 21.9. The van der Waals surface area contributed by atoms with Crippen molar-refractivity contribution in [2.24, 2.45) is 23.7 Å². The molecule has 6 nitrogen and oxygen atoms in total. The van der Waals surface area contributed by atoms with E-state index < -0.39 is 0 Å². The molecule has 452 valence electrons. The van der Waals surface area contributed by atoms with Gasteiger partial charge < -0.3 is 0 Å². The monoisotopic (exact) mass is 1220 g/mol. The lowest BCUT2D eigenvalue weighted by Gasteiger charge is -2.61. The highest BCUT2D eigenvalue weighted by molar-refractivity contribution is 5.93. The predicted molar refractivity (Wildman–Crippen MR) is 386 cm³/mol. The van der Waals surface area contributed by atoms with Gasteiger partial charge in [0.05, 0.1) is 0 Å². The lowest BCUT2D eigenvalue weighted by atomic mass is 9.42. The summed E-state index contributed by atoms with van der Waals surface area (Å²) in [6.45, 7) is 4.67. The smallest absolute Gasteiger partial charge is 0.164 e. The molecule has 12 aromatic carbocycles. The summed E-state index contributed by atoms with van der Waals surface area (Å²) in [6.07, 6.45) is 6.51. The quantitative estimate of drug-likeness (QED) is 0.136. The van der Waals surface area contributed by atoms with E-state index in [1.807, 2.05) is 6.07 Å². The zero-order chi connectivity index (χ0) is 62.9. The van der Waals surface area contributed by atoms with E-state index in [4.69, 9.17) is 29.9 Å².